The van der Waals surface area contributed by atoms with E-state index >= 15 is 0 Å². The van der Waals surface area contributed by atoms with Crippen molar-refractivity contribution in [1.82, 2.24) is 0 Å². The highest BCUT2D eigenvalue weighted by atomic mass is 28.4. The molecule has 0 aromatic heterocycles. The molecular formula is C15H37NO2Si2. The standard InChI is InChI=1S/C15H37NO2Si2/c1-14(2,19(5,6)17)11-9-13(16)10-12-15(3,4)20(7,8)18/h13,17-18H,9-12,16H2,1-8H3. The first-order valence-electron chi connectivity index (χ1n) is 7.80. The van der Waals surface area contributed by atoms with Gasteiger partial charge in [0.05, 0.1) is 0 Å². The van der Waals surface area contributed by atoms with E-state index in [9.17, 15) is 9.59 Å². The monoisotopic (exact) mass is 319 g/mol. The molecule has 0 amide bonds. The van der Waals surface area contributed by atoms with E-state index in [0.29, 0.717) is 0 Å². The Bertz CT molecular complexity index is 274. The van der Waals surface area contributed by atoms with Gasteiger partial charge in [-0.2, -0.15) is 0 Å². The molecule has 0 aromatic rings. The second-order valence-corrected chi connectivity index (χ2v) is 17.7. The first-order chi connectivity index (χ1) is 8.60. The molecule has 0 fully saturated rings. The quantitative estimate of drug-likeness (QED) is 0.596. The lowest BCUT2D eigenvalue weighted by Gasteiger charge is -2.37. The van der Waals surface area contributed by atoms with Gasteiger partial charge in [-0.1, -0.05) is 27.7 Å². The summed E-state index contributed by atoms with van der Waals surface area (Å²) in [7, 11) is -4.26. The molecule has 0 saturated carbocycles. The molecule has 0 saturated heterocycles. The maximum absolute atomic E-state index is 10.3. The van der Waals surface area contributed by atoms with Crippen LogP contribution in [0.1, 0.15) is 53.4 Å². The third-order valence-corrected chi connectivity index (χ3v) is 12.7. The molecule has 0 bridgehead atoms. The minimum Gasteiger partial charge on any atom is -0.432 e. The second kappa shape index (κ2) is 6.61. The van der Waals surface area contributed by atoms with Crippen LogP contribution in [0.4, 0.5) is 0 Å². The fourth-order valence-corrected chi connectivity index (χ4v) is 3.36. The van der Waals surface area contributed by atoms with Crippen molar-refractivity contribution in [2.45, 2.75) is 95.7 Å². The molecule has 0 aromatic carbocycles. The Morgan fingerprint density at radius 1 is 0.800 bits per heavy atom. The van der Waals surface area contributed by atoms with Gasteiger partial charge in [-0.25, -0.2) is 0 Å². The predicted molar refractivity (Wildman–Crippen MR) is 93.9 cm³/mol. The Morgan fingerprint density at radius 3 is 1.25 bits per heavy atom. The van der Waals surface area contributed by atoms with Crippen molar-refractivity contribution in [3.63, 3.8) is 0 Å². The average Bonchev–Trinajstić information content (AvgIpc) is 2.20. The van der Waals surface area contributed by atoms with Crippen molar-refractivity contribution in [2.24, 2.45) is 5.73 Å². The largest absolute Gasteiger partial charge is 0.432 e. The fourth-order valence-electron chi connectivity index (χ4n) is 1.85. The van der Waals surface area contributed by atoms with Crippen molar-refractivity contribution >= 4 is 16.6 Å². The van der Waals surface area contributed by atoms with Crippen LogP contribution >= 0.6 is 0 Å². The van der Waals surface area contributed by atoms with Crippen LogP contribution in [0.15, 0.2) is 0 Å². The molecule has 4 N–H and O–H groups in total. The summed E-state index contributed by atoms with van der Waals surface area (Å²) in [6.45, 7) is 16.6. The van der Waals surface area contributed by atoms with Crippen molar-refractivity contribution in [2.75, 3.05) is 0 Å². The van der Waals surface area contributed by atoms with E-state index in [4.69, 9.17) is 5.73 Å². The summed E-state index contributed by atoms with van der Waals surface area (Å²) < 4.78 is 0. The molecule has 0 aliphatic carbocycles. The summed E-state index contributed by atoms with van der Waals surface area (Å²) in [4.78, 5) is 20.6. The zero-order valence-electron chi connectivity index (χ0n) is 14.9. The van der Waals surface area contributed by atoms with Gasteiger partial charge in [0.2, 0.25) is 0 Å². The molecule has 0 atom stereocenters. The first kappa shape index (κ1) is 20.3. The van der Waals surface area contributed by atoms with Crippen LogP contribution in [0.3, 0.4) is 0 Å². The number of hydrogen-bond acceptors (Lipinski definition) is 3. The lowest BCUT2D eigenvalue weighted by molar-refractivity contribution is 0.392. The summed E-state index contributed by atoms with van der Waals surface area (Å²) >= 11 is 0. The minimum absolute atomic E-state index is 0.00510. The van der Waals surface area contributed by atoms with E-state index in [-0.39, 0.29) is 16.1 Å². The van der Waals surface area contributed by atoms with E-state index < -0.39 is 16.6 Å². The Morgan fingerprint density at radius 2 is 1.05 bits per heavy atom. The van der Waals surface area contributed by atoms with Crippen LogP contribution < -0.4 is 5.73 Å². The van der Waals surface area contributed by atoms with Crippen molar-refractivity contribution < 1.29 is 9.59 Å². The van der Waals surface area contributed by atoms with Crippen LogP contribution in [0.25, 0.3) is 0 Å². The van der Waals surface area contributed by atoms with Gasteiger partial charge in [-0.15, -0.1) is 0 Å². The molecule has 0 aliphatic heterocycles. The van der Waals surface area contributed by atoms with E-state index in [2.05, 4.69) is 27.7 Å². The fraction of sp³-hybridized carbons (Fsp3) is 1.00. The molecule has 0 unspecified atom stereocenters. The maximum atomic E-state index is 10.3. The molecule has 0 aliphatic rings. The van der Waals surface area contributed by atoms with Gasteiger partial charge >= 0.3 is 0 Å². The number of nitrogens with two attached hydrogens (primary N) is 1. The van der Waals surface area contributed by atoms with Gasteiger partial charge in [0.15, 0.2) is 16.6 Å². The van der Waals surface area contributed by atoms with Gasteiger partial charge in [0.1, 0.15) is 0 Å². The number of hydrogen-bond donors (Lipinski definition) is 3. The van der Waals surface area contributed by atoms with Crippen LogP contribution in [0.5, 0.6) is 0 Å². The van der Waals surface area contributed by atoms with Crippen LogP contribution in [0.2, 0.25) is 36.3 Å². The van der Waals surface area contributed by atoms with Gasteiger partial charge in [0, 0.05) is 6.04 Å². The summed E-state index contributed by atoms with van der Waals surface area (Å²) in [5, 5.41) is 0.0102. The first-order valence-corrected chi connectivity index (χ1v) is 13.7. The highest BCUT2D eigenvalue weighted by Gasteiger charge is 2.39. The Kier molecular flexibility index (Phi) is 6.71. The number of rotatable bonds is 8. The summed E-state index contributed by atoms with van der Waals surface area (Å²) in [6.07, 6.45) is 3.86. The van der Waals surface area contributed by atoms with Gasteiger partial charge < -0.3 is 15.3 Å². The molecule has 3 nitrogen and oxygen atoms in total. The van der Waals surface area contributed by atoms with Gasteiger partial charge in [-0.3, -0.25) is 0 Å². The highest BCUT2D eigenvalue weighted by Crippen LogP contribution is 2.42. The topological polar surface area (TPSA) is 66.5 Å². The Labute approximate surface area is 128 Å². The van der Waals surface area contributed by atoms with Crippen molar-refractivity contribution in [3.8, 4) is 0 Å². The zero-order valence-corrected chi connectivity index (χ0v) is 16.9. The van der Waals surface area contributed by atoms with E-state index in [0.717, 1.165) is 25.7 Å². The van der Waals surface area contributed by atoms with Crippen LogP contribution in [-0.2, 0) is 0 Å². The van der Waals surface area contributed by atoms with Crippen molar-refractivity contribution in [1.29, 1.82) is 0 Å². The second-order valence-electron chi connectivity index (χ2n) is 8.72. The molecule has 5 heteroatoms. The zero-order chi connectivity index (χ0) is 16.4. The SMILES string of the molecule is CC(C)(CCC(N)CCC(C)(C)[Si](C)(C)O)[Si](C)(C)O. The van der Waals surface area contributed by atoms with Crippen LogP contribution in [-0.4, -0.2) is 32.3 Å². The molecule has 0 rings (SSSR count). The predicted octanol–water partition coefficient (Wildman–Crippen LogP) is 3.83. The molecule has 0 radical (unpaired) electrons. The third kappa shape index (κ3) is 5.97. The molecule has 20 heavy (non-hydrogen) atoms. The van der Waals surface area contributed by atoms with Crippen molar-refractivity contribution in [3.05, 3.63) is 0 Å². The molecule has 122 valence electrons. The highest BCUT2D eigenvalue weighted by molar-refractivity contribution is 6.73. The maximum Gasteiger partial charge on any atom is 0.188 e. The molecular weight excluding hydrogens is 282 g/mol. The Hall–Kier alpha value is 0.314. The van der Waals surface area contributed by atoms with E-state index in [1.807, 2.05) is 26.2 Å². The summed E-state index contributed by atoms with van der Waals surface area (Å²) in [5.74, 6) is 0. The average molecular weight is 320 g/mol. The smallest absolute Gasteiger partial charge is 0.188 e. The summed E-state index contributed by atoms with van der Waals surface area (Å²) in [6, 6.07) is 0.168. The molecule has 0 spiro atoms. The van der Waals surface area contributed by atoms with Crippen LogP contribution in [0, 0.1) is 0 Å². The van der Waals surface area contributed by atoms with E-state index in [1.54, 1.807) is 0 Å². The van der Waals surface area contributed by atoms with Gasteiger partial charge in [-0.05, 0) is 61.9 Å². The van der Waals surface area contributed by atoms with E-state index in [1.165, 1.54) is 0 Å². The van der Waals surface area contributed by atoms with Gasteiger partial charge in [0.25, 0.3) is 0 Å². The minimum atomic E-state index is -2.13. The lowest BCUT2D eigenvalue weighted by Crippen LogP contribution is -2.41. The third-order valence-electron chi connectivity index (χ3n) is 5.59. The Balaban J connectivity index is 4.31. The normalized spacial score (nSPS) is 15.0. The molecule has 0 heterocycles. The summed E-state index contributed by atoms with van der Waals surface area (Å²) in [5.41, 5.74) is 6.24. The lowest BCUT2D eigenvalue weighted by atomic mass is 9.96.